The lowest BCUT2D eigenvalue weighted by atomic mass is 10.0. The maximum atomic E-state index is 10.9. The highest BCUT2D eigenvalue weighted by atomic mass is 16.4. The third-order valence-corrected chi connectivity index (χ3v) is 2.36. The molecule has 0 unspecified atom stereocenters. The molecule has 0 aliphatic heterocycles. The smallest absolute Gasteiger partial charge is 0.315 e. The van der Waals surface area contributed by atoms with Crippen molar-refractivity contribution >= 4 is 11.9 Å². The lowest BCUT2D eigenvalue weighted by molar-refractivity contribution is -0.118. The molecule has 0 spiro atoms. The number of amides is 1. The number of hydrogen-bond acceptors (Lipinski definition) is 6. The Hall–Kier alpha value is -1.63. The summed E-state index contributed by atoms with van der Waals surface area (Å²) in [7, 11) is 0. The predicted molar refractivity (Wildman–Crippen MR) is 72.4 cm³/mol. The van der Waals surface area contributed by atoms with Gasteiger partial charge in [0.25, 0.3) is 0 Å². The number of carbonyl (C=O) groups is 1. The molecule has 1 rings (SSSR count). The van der Waals surface area contributed by atoms with Crippen molar-refractivity contribution in [2.75, 3.05) is 11.9 Å². The van der Waals surface area contributed by atoms with Gasteiger partial charge in [-0.2, -0.15) is 0 Å². The van der Waals surface area contributed by atoms with Gasteiger partial charge in [0, 0.05) is 12.0 Å². The van der Waals surface area contributed by atoms with Crippen molar-refractivity contribution in [3.05, 3.63) is 5.89 Å². The topological polar surface area (TPSA) is 106 Å². The monoisotopic (exact) mass is 269 g/mol. The van der Waals surface area contributed by atoms with Crippen LogP contribution in [0.2, 0.25) is 0 Å². The fraction of sp³-hybridized carbons (Fsp3) is 0.750. The van der Waals surface area contributed by atoms with E-state index in [2.05, 4.69) is 34.7 Å². The maximum absolute atomic E-state index is 10.9. The van der Waals surface area contributed by atoms with Crippen LogP contribution in [0.3, 0.4) is 0 Å². The molecule has 1 heterocycles. The Balaban J connectivity index is 2.48. The van der Waals surface area contributed by atoms with Gasteiger partial charge in [0.15, 0.2) is 0 Å². The summed E-state index contributed by atoms with van der Waals surface area (Å²) >= 11 is 0. The third kappa shape index (κ3) is 6.19. The number of aromatic nitrogens is 2. The van der Waals surface area contributed by atoms with Crippen LogP contribution in [0.4, 0.5) is 6.01 Å². The minimum Gasteiger partial charge on any atom is -0.407 e. The van der Waals surface area contributed by atoms with Crippen LogP contribution >= 0.6 is 0 Å². The number of nitrogens with one attached hydrogen (secondary N) is 2. The molecule has 108 valence electrons. The molecule has 0 radical (unpaired) electrons. The first-order chi connectivity index (χ1) is 8.78. The molecule has 0 saturated carbocycles. The molecule has 4 N–H and O–H groups in total. The van der Waals surface area contributed by atoms with E-state index >= 15 is 0 Å². The molecule has 7 nitrogen and oxygen atoms in total. The van der Waals surface area contributed by atoms with Crippen molar-refractivity contribution in [2.24, 2.45) is 11.7 Å². The summed E-state index contributed by atoms with van der Waals surface area (Å²) in [4.78, 5) is 10.9. The van der Waals surface area contributed by atoms with E-state index in [0.29, 0.717) is 24.4 Å². The van der Waals surface area contributed by atoms with Gasteiger partial charge in [-0.3, -0.25) is 4.79 Å². The van der Waals surface area contributed by atoms with Gasteiger partial charge in [0.05, 0.1) is 6.54 Å². The van der Waals surface area contributed by atoms with Gasteiger partial charge in [-0.25, -0.2) is 0 Å². The minimum absolute atomic E-state index is 0.191. The summed E-state index contributed by atoms with van der Waals surface area (Å²) in [5.41, 5.74) is 4.66. The number of anilines is 1. The van der Waals surface area contributed by atoms with Crippen molar-refractivity contribution < 1.29 is 9.21 Å². The molecular formula is C12H23N5O2. The van der Waals surface area contributed by atoms with E-state index in [4.69, 9.17) is 10.2 Å². The molecular weight excluding hydrogens is 246 g/mol. The van der Waals surface area contributed by atoms with Crippen LogP contribution in [0, 0.1) is 5.92 Å². The minimum atomic E-state index is -0.513. The van der Waals surface area contributed by atoms with Crippen LogP contribution < -0.4 is 16.4 Å². The van der Waals surface area contributed by atoms with E-state index in [1.807, 2.05) is 13.8 Å². The Morgan fingerprint density at radius 2 is 2.11 bits per heavy atom. The highest BCUT2D eigenvalue weighted by molar-refractivity contribution is 5.75. The van der Waals surface area contributed by atoms with Crippen molar-refractivity contribution in [2.45, 2.75) is 46.2 Å². The lowest BCUT2D eigenvalue weighted by Gasteiger charge is -2.22. The summed E-state index contributed by atoms with van der Waals surface area (Å²) in [5, 5.41) is 14.0. The van der Waals surface area contributed by atoms with Crippen molar-refractivity contribution in [3.63, 3.8) is 0 Å². The third-order valence-electron chi connectivity index (χ3n) is 2.36. The molecule has 0 fully saturated rings. The summed E-state index contributed by atoms with van der Waals surface area (Å²) in [6.07, 6.45) is 0.191. The van der Waals surface area contributed by atoms with Crippen molar-refractivity contribution in [1.29, 1.82) is 0 Å². The zero-order valence-electron chi connectivity index (χ0n) is 12.0. The van der Waals surface area contributed by atoms with E-state index in [0.717, 1.165) is 6.54 Å². The van der Waals surface area contributed by atoms with Gasteiger partial charge in [-0.15, -0.1) is 5.10 Å². The second kappa shape index (κ2) is 6.51. The quantitative estimate of drug-likeness (QED) is 0.647. The highest BCUT2D eigenvalue weighted by Gasteiger charge is 2.22. The van der Waals surface area contributed by atoms with Gasteiger partial charge in [-0.05, 0) is 26.3 Å². The molecule has 1 aromatic rings. The SMILES string of the molecule is CC(C)CNCc1nnc(NC(C)(C)CC(N)=O)o1. The van der Waals surface area contributed by atoms with E-state index in [9.17, 15) is 4.79 Å². The van der Waals surface area contributed by atoms with Crippen molar-refractivity contribution in [1.82, 2.24) is 15.5 Å². The van der Waals surface area contributed by atoms with Gasteiger partial charge in [-0.1, -0.05) is 18.9 Å². The normalized spacial score (nSPS) is 11.8. The zero-order valence-corrected chi connectivity index (χ0v) is 12.0. The number of nitrogens with two attached hydrogens (primary N) is 1. The van der Waals surface area contributed by atoms with Crippen LogP contribution in [0.5, 0.6) is 0 Å². The first-order valence-corrected chi connectivity index (χ1v) is 6.38. The average Bonchev–Trinajstić information content (AvgIpc) is 2.61. The van der Waals surface area contributed by atoms with Crippen LogP contribution in [0.1, 0.15) is 40.0 Å². The van der Waals surface area contributed by atoms with E-state index < -0.39 is 5.54 Å². The van der Waals surface area contributed by atoms with Gasteiger partial charge < -0.3 is 20.8 Å². The number of rotatable bonds is 8. The fourth-order valence-electron chi connectivity index (χ4n) is 1.61. The van der Waals surface area contributed by atoms with Gasteiger partial charge >= 0.3 is 6.01 Å². The lowest BCUT2D eigenvalue weighted by Crippen LogP contribution is -2.36. The number of primary amides is 1. The Morgan fingerprint density at radius 3 is 2.68 bits per heavy atom. The Morgan fingerprint density at radius 1 is 1.42 bits per heavy atom. The highest BCUT2D eigenvalue weighted by Crippen LogP contribution is 2.16. The first-order valence-electron chi connectivity index (χ1n) is 6.38. The molecule has 0 bridgehead atoms. The van der Waals surface area contributed by atoms with Crippen molar-refractivity contribution in [3.8, 4) is 0 Å². The standard InChI is InChI=1S/C12H23N5O2/c1-8(2)6-14-7-10-16-17-11(19-10)15-12(3,4)5-9(13)18/h8,14H,5-7H2,1-4H3,(H2,13,18)(H,15,17). The van der Waals surface area contributed by atoms with Gasteiger partial charge in [0.1, 0.15) is 0 Å². The summed E-state index contributed by atoms with van der Waals surface area (Å²) < 4.78 is 5.43. The first kappa shape index (κ1) is 15.4. The number of hydrogen-bond donors (Lipinski definition) is 3. The van der Waals surface area contributed by atoms with E-state index in [1.165, 1.54) is 0 Å². The zero-order chi connectivity index (χ0) is 14.5. The fourth-order valence-corrected chi connectivity index (χ4v) is 1.61. The van der Waals surface area contributed by atoms with Crippen LogP contribution in [0.25, 0.3) is 0 Å². The average molecular weight is 269 g/mol. The number of carbonyl (C=O) groups excluding carboxylic acids is 1. The molecule has 0 aliphatic carbocycles. The molecule has 1 amide bonds. The van der Waals surface area contributed by atoms with Crippen LogP contribution in [0.15, 0.2) is 4.42 Å². The van der Waals surface area contributed by atoms with Crippen LogP contribution in [-0.4, -0.2) is 28.2 Å². The molecule has 1 aromatic heterocycles. The van der Waals surface area contributed by atoms with E-state index in [1.54, 1.807) is 0 Å². The molecule has 19 heavy (non-hydrogen) atoms. The second-order valence-corrected chi connectivity index (χ2v) is 5.68. The van der Waals surface area contributed by atoms with Gasteiger partial charge in [0.2, 0.25) is 11.8 Å². The van der Waals surface area contributed by atoms with Crippen LogP contribution in [-0.2, 0) is 11.3 Å². The Labute approximate surface area is 113 Å². The molecule has 0 saturated heterocycles. The molecule has 0 aliphatic rings. The largest absolute Gasteiger partial charge is 0.407 e. The second-order valence-electron chi connectivity index (χ2n) is 5.68. The van der Waals surface area contributed by atoms with E-state index in [-0.39, 0.29) is 12.3 Å². The Kier molecular flexibility index (Phi) is 5.29. The maximum Gasteiger partial charge on any atom is 0.315 e. The summed E-state index contributed by atoms with van der Waals surface area (Å²) in [5.74, 6) is 0.698. The number of nitrogens with zero attached hydrogens (tertiary/aromatic N) is 2. The molecule has 7 heteroatoms. The molecule has 0 aromatic carbocycles. The Bertz CT molecular complexity index is 414. The summed E-state index contributed by atoms with van der Waals surface area (Å²) in [6, 6.07) is 0.299. The molecule has 0 atom stereocenters. The summed E-state index contributed by atoms with van der Waals surface area (Å²) in [6.45, 7) is 9.36. The predicted octanol–water partition coefficient (Wildman–Crippen LogP) is 0.881.